The number of amides is 1. The SMILES string of the molecule is CNS(=O)(=O)c1ccc(Cl)c(C(=O)N(C)C(C)c2ccccc2)c1. The first kappa shape index (κ1) is 18.4. The standard InChI is InChI=1S/C17H19ClN2O3S/c1-12(13-7-5-4-6-8-13)20(3)17(21)15-11-14(9-10-16(15)18)24(22,23)19-2/h4-12,19H,1-3H3. The Morgan fingerprint density at radius 3 is 2.38 bits per heavy atom. The highest BCUT2D eigenvalue weighted by atomic mass is 35.5. The minimum atomic E-state index is -3.65. The smallest absolute Gasteiger partial charge is 0.255 e. The van der Waals surface area contributed by atoms with E-state index in [9.17, 15) is 13.2 Å². The number of carbonyl (C=O) groups is 1. The second-order valence-electron chi connectivity index (χ2n) is 5.35. The van der Waals surface area contributed by atoms with Crippen molar-refractivity contribution in [3.8, 4) is 0 Å². The zero-order valence-corrected chi connectivity index (χ0v) is 15.2. The first-order valence-corrected chi connectivity index (χ1v) is 9.19. The third kappa shape index (κ3) is 3.77. The van der Waals surface area contributed by atoms with Gasteiger partial charge in [0.2, 0.25) is 10.0 Å². The Balaban J connectivity index is 2.37. The van der Waals surface area contributed by atoms with Gasteiger partial charge in [0.25, 0.3) is 5.91 Å². The Bertz CT molecular complexity index is 838. The van der Waals surface area contributed by atoms with Gasteiger partial charge in [0.15, 0.2) is 0 Å². The van der Waals surface area contributed by atoms with E-state index in [0.29, 0.717) is 0 Å². The average molecular weight is 367 g/mol. The molecule has 1 unspecified atom stereocenters. The molecule has 0 fully saturated rings. The molecule has 0 aliphatic carbocycles. The van der Waals surface area contributed by atoms with Crippen molar-refractivity contribution in [1.29, 1.82) is 0 Å². The summed E-state index contributed by atoms with van der Waals surface area (Å²) in [5, 5.41) is 0.210. The lowest BCUT2D eigenvalue weighted by atomic mass is 10.1. The number of halogens is 1. The minimum Gasteiger partial charge on any atom is -0.335 e. The van der Waals surface area contributed by atoms with Crippen molar-refractivity contribution in [3.05, 3.63) is 64.7 Å². The van der Waals surface area contributed by atoms with Crippen LogP contribution in [0.2, 0.25) is 5.02 Å². The first-order valence-electron chi connectivity index (χ1n) is 7.33. The molecule has 0 bridgehead atoms. The maximum atomic E-state index is 12.8. The number of benzene rings is 2. The Kier molecular flexibility index (Phi) is 5.64. The molecule has 128 valence electrons. The van der Waals surface area contributed by atoms with E-state index in [2.05, 4.69) is 4.72 Å². The van der Waals surface area contributed by atoms with Crippen LogP contribution in [0, 0.1) is 0 Å². The van der Waals surface area contributed by atoms with Gasteiger partial charge in [-0.05, 0) is 37.7 Å². The molecule has 1 atom stereocenters. The molecule has 0 aliphatic heterocycles. The molecule has 1 N–H and O–H groups in total. The molecule has 24 heavy (non-hydrogen) atoms. The van der Waals surface area contributed by atoms with Gasteiger partial charge in [-0.3, -0.25) is 4.79 Å². The molecule has 2 aromatic rings. The number of sulfonamides is 1. The van der Waals surface area contributed by atoms with E-state index in [1.165, 1.54) is 30.1 Å². The fourth-order valence-corrected chi connectivity index (χ4v) is 3.23. The number of hydrogen-bond donors (Lipinski definition) is 1. The van der Waals surface area contributed by atoms with Crippen LogP contribution in [-0.2, 0) is 10.0 Å². The van der Waals surface area contributed by atoms with Crippen LogP contribution in [0.5, 0.6) is 0 Å². The van der Waals surface area contributed by atoms with E-state index in [-0.39, 0.29) is 27.4 Å². The van der Waals surface area contributed by atoms with Crippen LogP contribution < -0.4 is 4.72 Å². The summed E-state index contributed by atoms with van der Waals surface area (Å²) in [6.45, 7) is 1.90. The van der Waals surface area contributed by atoms with Gasteiger partial charge in [0.05, 0.1) is 21.5 Å². The molecule has 1 amide bonds. The second-order valence-corrected chi connectivity index (χ2v) is 7.65. The van der Waals surface area contributed by atoms with E-state index in [0.717, 1.165) is 5.56 Å². The summed E-state index contributed by atoms with van der Waals surface area (Å²) < 4.78 is 26.1. The Hall–Kier alpha value is -1.89. The molecule has 0 radical (unpaired) electrons. The molecule has 2 rings (SSSR count). The van der Waals surface area contributed by atoms with Crippen LogP contribution in [0.4, 0.5) is 0 Å². The predicted octanol–water partition coefficient (Wildman–Crippen LogP) is 3.08. The molecule has 2 aromatic carbocycles. The molecule has 0 aliphatic rings. The normalized spacial score (nSPS) is 12.7. The lowest BCUT2D eigenvalue weighted by molar-refractivity contribution is 0.0742. The second kappa shape index (κ2) is 7.34. The Labute approximate surface area is 147 Å². The third-order valence-electron chi connectivity index (χ3n) is 3.93. The summed E-state index contributed by atoms with van der Waals surface area (Å²) >= 11 is 6.12. The van der Waals surface area contributed by atoms with Gasteiger partial charge in [0, 0.05) is 7.05 Å². The summed E-state index contributed by atoms with van der Waals surface area (Å²) in [7, 11) is -0.672. The number of nitrogens with one attached hydrogen (secondary N) is 1. The topological polar surface area (TPSA) is 66.5 Å². The van der Waals surface area contributed by atoms with Crippen molar-refractivity contribution in [2.45, 2.75) is 17.9 Å². The largest absolute Gasteiger partial charge is 0.335 e. The highest BCUT2D eigenvalue weighted by molar-refractivity contribution is 7.89. The fourth-order valence-electron chi connectivity index (χ4n) is 2.27. The predicted molar refractivity (Wildman–Crippen MR) is 94.6 cm³/mol. The van der Waals surface area contributed by atoms with Gasteiger partial charge in [-0.2, -0.15) is 0 Å². The summed E-state index contributed by atoms with van der Waals surface area (Å²) in [5.41, 5.74) is 1.13. The van der Waals surface area contributed by atoms with E-state index in [4.69, 9.17) is 11.6 Å². The van der Waals surface area contributed by atoms with Crippen molar-refractivity contribution in [1.82, 2.24) is 9.62 Å². The summed E-state index contributed by atoms with van der Waals surface area (Å²) in [5.74, 6) is -0.343. The maximum Gasteiger partial charge on any atom is 0.255 e. The zero-order valence-electron chi connectivity index (χ0n) is 13.7. The monoisotopic (exact) mass is 366 g/mol. The van der Waals surface area contributed by atoms with Crippen molar-refractivity contribution >= 4 is 27.5 Å². The number of hydrogen-bond acceptors (Lipinski definition) is 3. The van der Waals surface area contributed by atoms with Gasteiger partial charge in [-0.25, -0.2) is 13.1 Å². The molecule has 0 saturated carbocycles. The Morgan fingerprint density at radius 1 is 1.17 bits per heavy atom. The van der Waals surface area contributed by atoms with Gasteiger partial charge < -0.3 is 4.90 Å². The summed E-state index contributed by atoms with van der Waals surface area (Å²) in [4.78, 5) is 14.3. The highest BCUT2D eigenvalue weighted by Gasteiger charge is 2.23. The van der Waals surface area contributed by atoms with E-state index < -0.39 is 10.0 Å². The number of carbonyl (C=O) groups excluding carboxylic acids is 1. The van der Waals surface area contributed by atoms with Crippen molar-refractivity contribution in [3.63, 3.8) is 0 Å². The number of nitrogens with zero attached hydrogens (tertiary/aromatic N) is 1. The van der Waals surface area contributed by atoms with Gasteiger partial charge >= 0.3 is 0 Å². The van der Waals surface area contributed by atoms with Crippen molar-refractivity contribution < 1.29 is 13.2 Å². The molecule has 0 spiro atoms. The average Bonchev–Trinajstić information content (AvgIpc) is 2.60. The minimum absolute atomic E-state index is 0.00138. The Morgan fingerprint density at radius 2 is 1.79 bits per heavy atom. The van der Waals surface area contributed by atoms with E-state index >= 15 is 0 Å². The third-order valence-corrected chi connectivity index (χ3v) is 5.67. The van der Waals surface area contributed by atoms with Crippen LogP contribution in [0.25, 0.3) is 0 Å². The lowest BCUT2D eigenvalue weighted by Crippen LogP contribution is -2.30. The molecule has 0 saturated heterocycles. The molecule has 7 heteroatoms. The van der Waals surface area contributed by atoms with Crippen molar-refractivity contribution in [2.75, 3.05) is 14.1 Å². The zero-order chi connectivity index (χ0) is 17.9. The van der Waals surface area contributed by atoms with E-state index in [1.54, 1.807) is 7.05 Å². The van der Waals surface area contributed by atoms with E-state index in [1.807, 2.05) is 37.3 Å². The molecule has 5 nitrogen and oxygen atoms in total. The van der Waals surface area contributed by atoms with Crippen LogP contribution in [0.15, 0.2) is 53.4 Å². The first-order chi connectivity index (χ1) is 11.3. The lowest BCUT2D eigenvalue weighted by Gasteiger charge is -2.26. The van der Waals surface area contributed by atoms with Crippen LogP contribution in [0.3, 0.4) is 0 Å². The highest BCUT2D eigenvalue weighted by Crippen LogP contribution is 2.25. The van der Waals surface area contributed by atoms with Gasteiger partial charge in [-0.1, -0.05) is 41.9 Å². The van der Waals surface area contributed by atoms with Crippen LogP contribution in [-0.4, -0.2) is 33.3 Å². The van der Waals surface area contributed by atoms with Gasteiger partial charge in [-0.15, -0.1) is 0 Å². The molecule has 0 aromatic heterocycles. The molecule has 0 heterocycles. The van der Waals surface area contributed by atoms with Crippen LogP contribution in [0.1, 0.15) is 28.9 Å². The summed E-state index contributed by atoms with van der Waals surface area (Å²) in [6, 6.07) is 13.5. The van der Waals surface area contributed by atoms with Gasteiger partial charge in [0.1, 0.15) is 0 Å². The molecular weight excluding hydrogens is 348 g/mol. The van der Waals surface area contributed by atoms with Crippen LogP contribution >= 0.6 is 11.6 Å². The quantitative estimate of drug-likeness (QED) is 0.884. The fraction of sp³-hybridized carbons (Fsp3) is 0.235. The van der Waals surface area contributed by atoms with Crippen molar-refractivity contribution in [2.24, 2.45) is 0 Å². The maximum absolute atomic E-state index is 12.8. The number of rotatable bonds is 5. The summed E-state index contributed by atoms with van der Waals surface area (Å²) in [6.07, 6.45) is 0. The molecular formula is C17H19ClN2O3S.